The van der Waals surface area contributed by atoms with Gasteiger partial charge in [-0.2, -0.15) is 5.10 Å². The fourth-order valence-electron chi connectivity index (χ4n) is 2.75. The van der Waals surface area contributed by atoms with Gasteiger partial charge >= 0.3 is 0 Å². The van der Waals surface area contributed by atoms with Crippen molar-refractivity contribution in [1.82, 2.24) is 15.5 Å². The molecule has 1 atom stereocenters. The van der Waals surface area contributed by atoms with Gasteiger partial charge in [0, 0.05) is 10.6 Å². The van der Waals surface area contributed by atoms with Crippen LogP contribution in [0.2, 0.25) is 5.02 Å². The lowest BCUT2D eigenvalue weighted by molar-refractivity contribution is 0.0935. The minimum atomic E-state index is -3.43. The van der Waals surface area contributed by atoms with E-state index in [1.54, 1.807) is 55.5 Å². The summed E-state index contributed by atoms with van der Waals surface area (Å²) in [6.45, 7) is 1.77. The van der Waals surface area contributed by atoms with Crippen LogP contribution in [0, 0.1) is 0 Å². The van der Waals surface area contributed by atoms with Gasteiger partial charge in [-0.1, -0.05) is 41.9 Å². The molecule has 0 saturated heterocycles. The van der Waals surface area contributed by atoms with Crippen molar-refractivity contribution >= 4 is 33.2 Å². The molecular formula is C19H19ClN4O3S. The summed E-state index contributed by atoms with van der Waals surface area (Å²) in [6.07, 6.45) is 1.08. The van der Waals surface area contributed by atoms with E-state index in [-0.39, 0.29) is 11.6 Å². The molecule has 1 amide bonds. The summed E-state index contributed by atoms with van der Waals surface area (Å²) in [6, 6.07) is 15.3. The number of hydrogen-bond donors (Lipinski definition) is 3. The first kappa shape index (κ1) is 19.9. The number of H-pyrrole nitrogens is 1. The van der Waals surface area contributed by atoms with Crippen LogP contribution in [0.3, 0.4) is 0 Å². The standard InChI is InChI=1S/C19H19ClN4O3S/c1-12(15-8-3-4-9-16(15)24-28(2,26)27)21-19(25)18-11-17(22-23-18)13-6-5-7-14(20)10-13/h3-12,24H,1-2H3,(H,21,25)(H,22,23). The Bertz CT molecular complexity index is 1110. The number of aromatic amines is 1. The lowest BCUT2D eigenvalue weighted by Crippen LogP contribution is -2.27. The number of sulfonamides is 1. The molecule has 0 spiro atoms. The lowest BCUT2D eigenvalue weighted by Gasteiger charge is -2.18. The van der Waals surface area contributed by atoms with E-state index in [4.69, 9.17) is 11.6 Å². The molecule has 7 nitrogen and oxygen atoms in total. The lowest BCUT2D eigenvalue weighted by atomic mass is 10.1. The number of nitrogens with zero attached hydrogens (tertiary/aromatic N) is 1. The number of nitrogens with one attached hydrogen (secondary N) is 3. The number of amides is 1. The van der Waals surface area contributed by atoms with Gasteiger partial charge < -0.3 is 5.32 Å². The van der Waals surface area contributed by atoms with Gasteiger partial charge in [-0.3, -0.25) is 14.6 Å². The van der Waals surface area contributed by atoms with Crippen LogP contribution in [-0.2, 0) is 10.0 Å². The minimum Gasteiger partial charge on any atom is -0.344 e. The SMILES string of the molecule is CC(NC(=O)c1cc(-c2cccc(Cl)c2)n[nH]1)c1ccccc1NS(C)(=O)=O. The van der Waals surface area contributed by atoms with Gasteiger partial charge in [0.25, 0.3) is 5.91 Å². The van der Waals surface area contributed by atoms with E-state index in [9.17, 15) is 13.2 Å². The maximum Gasteiger partial charge on any atom is 0.269 e. The quantitative estimate of drug-likeness (QED) is 0.569. The van der Waals surface area contributed by atoms with Crippen molar-refractivity contribution in [2.24, 2.45) is 0 Å². The average Bonchev–Trinajstić information content (AvgIpc) is 3.11. The molecule has 3 N–H and O–H groups in total. The van der Waals surface area contributed by atoms with E-state index in [0.29, 0.717) is 22.0 Å². The fourth-order valence-corrected chi connectivity index (χ4v) is 3.53. The third kappa shape index (κ3) is 4.90. The Labute approximate surface area is 168 Å². The van der Waals surface area contributed by atoms with Crippen molar-refractivity contribution in [1.29, 1.82) is 0 Å². The summed E-state index contributed by atoms with van der Waals surface area (Å²) in [5.41, 5.74) is 2.74. The largest absolute Gasteiger partial charge is 0.344 e. The Kier molecular flexibility index (Phi) is 5.71. The topological polar surface area (TPSA) is 104 Å². The van der Waals surface area contributed by atoms with Gasteiger partial charge in [0.15, 0.2) is 0 Å². The summed E-state index contributed by atoms with van der Waals surface area (Å²) in [5, 5.41) is 10.3. The molecular weight excluding hydrogens is 400 g/mol. The zero-order valence-electron chi connectivity index (χ0n) is 15.2. The van der Waals surface area contributed by atoms with Crippen molar-refractivity contribution in [3.8, 4) is 11.3 Å². The molecule has 0 aliphatic heterocycles. The predicted octanol–water partition coefficient (Wildman–Crippen LogP) is 3.59. The third-order valence-corrected chi connectivity index (χ3v) is 4.84. The second-order valence-electron chi connectivity index (χ2n) is 6.33. The summed E-state index contributed by atoms with van der Waals surface area (Å²) < 4.78 is 25.6. The number of aromatic nitrogens is 2. The van der Waals surface area contributed by atoms with E-state index in [0.717, 1.165) is 11.8 Å². The molecule has 0 radical (unpaired) electrons. The Hall–Kier alpha value is -2.84. The molecule has 0 bridgehead atoms. The Morgan fingerprint density at radius 1 is 1.14 bits per heavy atom. The van der Waals surface area contributed by atoms with E-state index in [1.165, 1.54) is 0 Å². The second-order valence-corrected chi connectivity index (χ2v) is 8.52. The van der Waals surface area contributed by atoms with Gasteiger partial charge in [-0.15, -0.1) is 0 Å². The molecule has 0 aliphatic rings. The number of rotatable bonds is 6. The van der Waals surface area contributed by atoms with Crippen LogP contribution in [0.5, 0.6) is 0 Å². The Balaban J connectivity index is 1.77. The van der Waals surface area contributed by atoms with E-state index >= 15 is 0 Å². The van der Waals surface area contributed by atoms with Gasteiger partial charge in [0.1, 0.15) is 5.69 Å². The highest BCUT2D eigenvalue weighted by atomic mass is 35.5. The van der Waals surface area contributed by atoms with Crippen molar-refractivity contribution in [2.75, 3.05) is 11.0 Å². The van der Waals surface area contributed by atoms with E-state index in [2.05, 4.69) is 20.2 Å². The van der Waals surface area contributed by atoms with Crippen molar-refractivity contribution in [2.45, 2.75) is 13.0 Å². The minimum absolute atomic E-state index is 0.287. The van der Waals surface area contributed by atoms with Gasteiger partial charge in [0.05, 0.1) is 23.7 Å². The highest BCUT2D eigenvalue weighted by molar-refractivity contribution is 7.92. The smallest absolute Gasteiger partial charge is 0.269 e. The molecule has 28 heavy (non-hydrogen) atoms. The number of halogens is 1. The number of carbonyl (C=O) groups is 1. The van der Waals surface area contributed by atoms with E-state index in [1.807, 2.05) is 6.07 Å². The normalized spacial score (nSPS) is 12.4. The summed E-state index contributed by atoms with van der Waals surface area (Å²) in [4.78, 5) is 12.6. The molecule has 1 heterocycles. The first-order valence-electron chi connectivity index (χ1n) is 8.42. The molecule has 146 valence electrons. The van der Waals surface area contributed by atoms with Gasteiger partial charge in [-0.05, 0) is 36.8 Å². The maximum absolute atomic E-state index is 12.6. The van der Waals surface area contributed by atoms with Gasteiger partial charge in [0.2, 0.25) is 10.0 Å². The second kappa shape index (κ2) is 8.04. The van der Waals surface area contributed by atoms with Crippen LogP contribution in [0.25, 0.3) is 11.3 Å². The number of anilines is 1. The Morgan fingerprint density at radius 3 is 2.61 bits per heavy atom. The molecule has 2 aromatic carbocycles. The first-order valence-corrected chi connectivity index (χ1v) is 10.7. The number of para-hydroxylation sites is 1. The number of carbonyl (C=O) groups excluding carboxylic acids is 1. The third-order valence-electron chi connectivity index (χ3n) is 4.01. The van der Waals surface area contributed by atoms with Crippen LogP contribution < -0.4 is 10.0 Å². The molecule has 0 aliphatic carbocycles. The summed E-state index contributed by atoms with van der Waals surface area (Å²) in [7, 11) is -3.43. The van der Waals surface area contributed by atoms with Crippen LogP contribution in [0.1, 0.15) is 29.0 Å². The van der Waals surface area contributed by atoms with Crippen LogP contribution >= 0.6 is 11.6 Å². The van der Waals surface area contributed by atoms with E-state index < -0.39 is 16.1 Å². The van der Waals surface area contributed by atoms with Crippen molar-refractivity contribution < 1.29 is 13.2 Å². The molecule has 1 aromatic heterocycles. The van der Waals surface area contributed by atoms with Crippen LogP contribution in [-0.4, -0.2) is 30.8 Å². The average molecular weight is 419 g/mol. The Morgan fingerprint density at radius 2 is 1.89 bits per heavy atom. The van der Waals surface area contributed by atoms with Gasteiger partial charge in [-0.25, -0.2) is 8.42 Å². The summed E-state index contributed by atoms with van der Waals surface area (Å²) in [5.74, 6) is -0.359. The number of hydrogen-bond acceptors (Lipinski definition) is 4. The summed E-state index contributed by atoms with van der Waals surface area (Å²) >= 11 is 6.00. The molecule has 0 saturated carbocycles. The molecule has 3 rings (SSSR count). The van der Waals surface area contributed by atoms with Crippen LogP contribution in [0.4, 0.5) is 5.69 Å². The molecule has 1 unspecified atom stereocenters. The highest BCUT2D eigenvalue weighted by Crippen LogP contribution is 2.24. The van der Waals surface area contributed by atoms with Crippen molar-refractivity contribution in [3.05, 3.63) is 70.9 Å². The van der Waals surface area contributed by atoms with Crippen molar-refractivity contribution in [3.63, 3.8) is 0 Å². The monoisotopic (exact) mass is 418 g/mol. The molecule has 3 aromatic rings. The zero-order chi connectivity index (χ0) is 20.3. The molecule has 9 heteroatoms. The zero-order valence-corrected chi connectivity index (χ0v) is 16.8. The first-order chi connectivity index (χ1) is 13.2. The fraction of sp³-hybridized carbons (Fsp3) is 0.158. The highest BCUT2D eigenvalue weighted by Gasteiger charge is 2.18. The number of benzene rings is 2. The molecule has 0 fully saturated rings. The van der Waals surface area contributed by atoms with Crippen LogP contribution in [0.15, 0.2) is 54.6 Å². The maximum atomic E-state index is 12.6. The predicted molar refractivity (Wildman–Crippen MR) is 110 cm³/mol.